The lowest BCUT2D eigenvalue weighted by molar-refractivity contribution is -0.105. The molecule has 0 bridgehead atoms. The van der Waals surface area contributed by atoms with Crippen molar-refractivity contribution >= 4 is 0 Å². The second-order valence-corrected chi connectivity index (χ2v) is 3.46. The molecule has 2 unspecified atom stereocenters. The van der Waals surface area contributed by atoms with Gasteiger partial charge in [-0.2, -0.15) is 0 Å². The molecule has 1 rings (SSSR count). The number of ether oxygens (including phenoxy) is 1. The van der Waals surface area contributed by atoms with E-state index in [1.54, 1.807) is 14.0 Å². The molecular weight excluding hydrogens is 154 g/mol. The lowest BCUT2D eigenvalue weighted by Gasteiger charge is -2.34. The van der Waals surface area contributed by atoms with Crippen LogP contribution >= 0.6 is 0 Å². The molecule has 0 radical (unpaired) electrons. The van der Waals surface area contributed by atoms with E-state index >= 15 is 0 Å². The molecule has 0 aliphatic carbocycles. The number of methoxy groups -OCH3 is 1. The van der Waals surface area contributed by atoms with E-state index in [1.165, 1.54) is 19.3 Å². The molecule has 3 heteroatoms. The molecule has 2 atom stereocenters. The number of piperidine rings is 1. The van der Waals surface area contributed by atoms with Crippen LogP contribution in [-0.2, 0) is 4.74 Å². The fourth-order valence-electron chi connectivity index (χ4n) is 1.82. The van der Waals surface area contributed by atoms with Crippen LogP contribution < -0.4 is 0 Å². The average Bonchev–Trinajstić information content (AvgIpc) is 2.07. The van der Waals surface area contributed by atoms with Crippen molar-refractivity contribution in [1.29, 1.82) is 0 Å². The van der Waals surface area contributed by atoms with Crippen molar-refractivity contribution in [3.05, 3.63) is 0 Å². The van der Waals surface area contributed by atoms with Gasteiger partial charge in [-0.05, 0) is 19.8 Å². The van der Waals surface area contributed by atoms with Gasteiger partial charge in [0.2, 0.25) is 0 Å². The van der Waals surface area contributed by atoms with E-state index in [0.717, 1.165) is 13.1 Å². The van der Waals surface area contributed by atoms with Crippen molar-refractivity contribution in [2.75, 3.05) is 20.2 Å². The van der Waals surface area contributed by atoms with Crippen molar-refractivity contribution < 1.29 is 9.84 Å². The summed E-state index contributed by atoms with van der Waals surface area (Å²) in [6.45, 7) is 3.90. The topological polar surface area (TPSA) is 32.7 Å². The Kier molecular flexibility index (Phi) is 3.98. The Morgan fingerprint density at radius 1 is 1.25 bits per heavy atom. The molecule has 3 nitrogen and oxygen atoms in total. The monoisotopic (exact) mass is 173 g/mol. The van der Waals surface area contributed by atoms with E-state index in [4.69, 9.17) is 4.74 Å². The van der Waals surface area contributed by atoms with E-state index in [0.29, 0.717) is 0 Å². The number of nitrogens with zero attached hydrogens (tertiary/aromatic N) is 1. The lowest BCUT2D eigenvalue weighted by Crippen LogP contribution is -2.46. The third kappa shape index (κ3) is 2.44. The normalized spacial score (nSPS) is 25.2. The molecule has 0 aromatic carbocycles. The second-order valence-electron chi connectivity index (χ2n) is 3.46. The summed E-state index contributed by atoms with van der Waals surface area (Å²) in [6, 6.07) is 0. The van der Waals surface area contributed by atoms with E-state index < -0.39 is 6.10 Å². The number of rotatable bonds is 3. The maximum absolute atomic E-state index is 9.40. The van der Waals surface area contributed by atoms with Crippen molar-refractivity contribution in [3.63, 3.8) is 0 Å². The maximum Gasteiger partial charge on any atom is 0.136 e. The van der Waals surface area contributed by atoms with Crippen LogP contribution in [0.1, 0.15) is 26.2 Å². The molecule has 1 fully saturated rings. The SMILES string of the molecule is COC(C(C)O)N1CCCCC1. The first-order valence-electron chi connectivity index (χ1n) is 4.70. The van der Waals surface area contributed by atoms with Crippen LogP contribution in [0, 0.1) is 0 Å². The Bertz CT molecular complexity index is 122. The van der Waals surface area contributed by atoms with Crippen LogP contribution in [-0.4, -0.2) is 42.5 Å². The summed E-state index contributed by atoms with van der Waals surface area (Å²) in [5, 5.41) is 9.40. The molecule has 0 saturated carbocycles. The van der Waals surface area contributed by atoms with Gasteiger partial charge in [0.1, 0.15) is 6.23 Å². The Hall–Kier alpha value is -0.120. The van der Waals surface area contributed by atoms with Gasteiger partial charge >= 0.3 is 0 Å². The van der Waals surface area contributed by atoms with E-state index in [1.807, 2.05) is 0 Å². The number of likely N-dealkylation sites (tertiary alicyclic amines) is 1. The van der Waals surface area contributed by atoms with Crippen molar-refractivity contribution in [3.8, 4) is 0 Å². The molecule has 1 N–H and O–H groups in total. The predicted molar refractivity (Wildman–Crippen MR) is 47.9 cm³/mol. The third-order valence-electron chi connectivity index (χ3n) is 2.40. The molecule has 1 aliphatic heterocycles. The highest BCUT2D eigenvalue weighted by atomic mass is 16.5. The van der Waals surface area contributed by atoms with Gasteiger partial charge in [-0.15, -0.1) is 0 Å². The summed E-state index contributed by atoms with van der Waals surface area (Å²) in [6.07, 6.45) is 3.27. The summed E-state index contributed by atoms with van der Waals surface area (Å²) in [5.74, 6) is 0. The highest BCUT2D eigenvalue weighted by Gasteiger charge is 2.23. The molecule has 1 saturated heterocycles. The van der Waals surface area contributed by atoms with E-state index in [2.05, 4.69) is 4.90 Å². The molecule has 0 aromatic rings. The summed E-state index contributed by atoms with van der Waals surface area (Å²) in [7, 11) is 1.66. The standard InChI is InChI=1S/C9H19NO2/c1-8(11)9(12-2)10-6-4-3-5-7-10/h8-9,11H,3-7H2,1-2H3. The van der Waals surface area contributed by atoms with Crippen LogP contribution in [0.5, 0.6) is 0 Å². The molecule has 12 heavy (non-hydrogen) atoms. The van der Waals surface area contributed by atoms with Gasteiger partial charge in [-0.3, -0.25) is 4.90 Å². The molecule has 1 heterocycles. The van der Waals surface area contributed by atoms with Gasteiger partial charge in [0.15, 0.2) is 0 Å². The van der Waals surface area contributed by atoms with Crippen LogP contribution in [0.4, 0.5) is 0 Å². The van der Waals surface area contributed by atoms with Crippen molar-refractivity contribution in [1.82, 2.24) is 4.90 Å². The zero-order valence-electron chi connectivity index (χ0n) is 7.99. The zero-order valence-corrected chi connectivity index (χ0v) is 7.99. The van der Waals surface area contributed by atoms with Gasteiger partial charge in [0, 0.05) is 20.2 Å². The zero-order chi connectivity index (χ0) is 8.97. The minimum atomic E-state index is -0.395. The molecule has 72 valence electrons. The Labute approximate surface area is 74.3 Å². The highest BCUT2D eigenvalue weighted by Crippen LogP contribution is 2.14. The highest BCUT2D eigenvalue weighted by molar-refractivity contribution is 4.71. The Morgan fingerprint density at radius 2 is 1.83 bits per heavy atom. The van der Waals surface area contributed by atoms with Crippen LogP contribution in [0.15, 0.2) is 0 Å². The second kappa shape index (κ2) is 4.80. The fourth-order valence-corrected chi connectivity index (χ4v) is 1.82. The molecular formula is C9H19NO2. The van der Waals surface area contributed by atoms with Gasteiger partial charge in [0.25, 0.3) is 0 Å². The van der Waals surface area contributed by atoms with Crippen LogP contribution in [0.2, 0.25) is 0 Å². The van der Waals surface area contributed by atoms with E-state index in [9.17, 15) is 5.11 Å². The van der Waals surface area contributed by atoms with Crippen LogP contribution in [0.3, 0.4) is 0 Å². The summed E-state index contributed by atoms with van der Waals surface area (Å²) >= 11 is 0. The molecule has 0 spiro atoms. The van der Waals surface area contributed by atoms with Crippen LogP contribution in [0.25, 0.3) is 0 Å². The maximum atomic E-state index is 9.40. The quantitative estimate of drug-likeness (QED) is 0.686. The smallest absolute Gasteiger partial charge is 0.136 e. The number of aliphatic hydroxyl groups excluding tert-OH is 1. The largest absolute Gasteiger partial charge is 0.389 e. The average molecular weight is 173 g/mol. The number of aliphatic hydroxyl groups is 1. The first kappa shape index (κ1) is 9.96. The summed E-state index contributed by atoms with van der Waals surface area (Å²) in [5.41, 5.74) is 0. The van der Waals surface area contributed by atoms with Crippen molar-refractivity contribution in [2.45, 2.75) is 38.5 Å². The minimum Gasteiger partial charge on any atom is -0.389 e. The Balaban J connectivity index is 2.40. The number of hydrogen-bond donors (Lipinski definition) is 1. The fraction of sp³-hybridized carbons (Fsp3) is 1.00. The van der Waals surface area contributed by atoms with Crippen molar-refractivity contribution in [2.24, 2.45) is 0 Å². The Morgan fingerprint density at radius 3 is 2.25 bits per heavy atom. The van der Waals surface area contributed by atoms with Gasteiger partial charge in [-0.1, -0.05) is 6.42 Å². The van der Waals surface area contributed by atoms with E-state index in [-0.39, 0.29) is 6.23 Å². The molecule has 1 aliphatic rings. The van der Waals surface area contributed by atoms with Gasteiger partial charge in [-0.25, -0.2) is 0 Å². The van der Waals surface area contributed by atoms with Gasteiger partial charge in [0.05, 0.1) is 6.10 Å². The summed E-state index contributed by atoms with van der Waals surface area (Å²) < 4.78 is 5.23. The minimum absolute atomic E-state index is 0.106. The third-order valence-corrected chi connectivity index (χ3v) is 2.40. The first-order valence-corrected chi connectivity index (χ1v) is 4.70. The molecule has 0 aromatic heterocycles. The lowest BCUT2D eigenvalue weighted by atomic mass is 10.1. The summed E-state index contributed by atoms with van der Waals surface area (Å²) in [4.78, 5) is 2.22. The predicted octanol–water partition coefficient (Wildman–Crippen LogP) is 0.826. The first-order chi connectivity index (χ1) is 5.75. The molecule has 0 amide bonds. The number of hydrogen-bond acceptors (Lipinski definition) is 3. The van der Waals surface area contributed by atoms with Gasteiger partial charge < -0.3 is 9.84 Å².